The number of thiazole rings is 1. The van der Waals surface area contributed by atoms with Gasteiger partial charge in [0.25, 0.3) is 0 Å². The molecule has 23 heavy (non-hydrogen) atoms. The van der Waals surface area contributed by atoms with Gasteiger partial charge >= 0.3 is 0 Å². The van der Waals surface area contributed by atoms with Crippen molar-refractivity contribution in [1.29, 1.82) is 0 Å². The van der Waals surface area contributed by atoms with Crippen LogP contribution < -0.4 is 10.5 Å². The fourth-order valence-corrected chi connectivity index (χ4v) is 3.36. The van der Waals surface area contributed by atoms with Crippen LogP contribution in [0.2, 0.25) is 0 Å². The van der Waals surface area contributed by atoms with Crippen LogP contribution in [0.5, 0.6) is 11.5 Å². The summed E-state index contributed by atoms with van der Waals surface area (Å²) in [6.07, 6.45) is 0. The first kappa shape index (κ1) is 15.6. The Kier molecular flexibility index (Phi) is 4.09. The molecule has 0 atom stereocenters. The summed E-state index contributed by atoms with van der Waals surface area (Å²) in [5.41, 5.74) is 12.3. The summed E-state index contributed by atoms with van der Waals surface area (Å²) in [5.74, 6) is 1.78. The summed E-state index contributed by atoms with van der Waals surface area (Å²) >= 11 is 1.46. The number of ether oxygens (including phenoxy) is 1. The van der Waals surface area contributed by atoms with E-state index in [0.717, 1.165) is 33.9 Å². The van der Waals surface area contributed by atoms with Crippen molar-refractivity contribution in [2.24, 2.45) is 0 Å². The van der Waals surface area contributed by atoms with Gasteiger partial charge in [0.05, 0.1) is 5.69 Å². The number of aryl methyl sites for hydroxylation is 4. The van der Waals surface area contributed by atoms with E-state index in [-0.39, 0.29) is 0 Å². The summed E-state index contributed by atoms with van der Waals surface area (Å²) < 4.78 is 6.16. The third-order valence-electron chi connectivity index (χ3n) is 3.69. The van der Waals surface area contributed by atoms with E-state index in [1.807, 2.05) is 5.38 Å². The lowest BCUT2D eigenvalue weighted by Crippen LogP contribution is -1.94. The Morgan fingerprint density at radius 1 is 0.913 bits per heavy atom. The van der Waals surface area contributed by atoms with Gasteiger partial charge in [-0.15, -0.1) is 11.3 Å². The average Bonchev–Trinajstić information content (AvgIpc) is 2.88. The normalized spacial score (nSPS) is 10.8. The molecule has 0 radical (unpaired) electrons. The first-order valence-electron chi connectivity index (χ1n) is 7.51. The number of hydrogen-bond acceptors (Lipinski definition) is 4. The van der Waals surface area contributed by atoms with Crippen molar-refractivity contribution < 1.29 is 4.74 Å². The molecule has 0 spiro atoms. The predicted molar refractivity (Wildman–Crippen MR) is 97.4 cm³/mol. The van der Waals surface area contributed by atoms with Gasteiger partial charge in [-0.1, -0.05) is 6.07 Å². The van der Waals surface area contributed by atoms with Gasteiger partial charge in [0, 0.05) is 10.9 Å². The number of nitrogens with zero attached hydrogens (tertiary/aromatic N) is 1. The fraction of sp³-hybridized carbons (Fsp3) is 0.211. The maximum Gasteiger partial charge on any atom is 0.180 e. The van der Waals surface area contributed by atoms with Gasteiger partial charge in [0.2, 0.25) is 0 Å². The lowest BCUT2D eigenvalue weighted by molar-refractivity contribution is 0.474. The number of hydrogen-bond donors (Lipinski definition) is 1. The Bertz CT molecular complexity index is 824. The second-order valence-corrected chi connectivity index (χ2v) is 6.83. The molecular formula is C19H20N2OS. The maximum absolute atomic E-state index is 6.16. The average molecular weight is 324 g/mol. The molecule has 2 aromatic carbocycles. The van der Waals surface area contributed by atoms with Crippen LogP contribution in [-0.2, 0) is 0 Å². The number of benzene rings is 2. The molecule has 0 aliphatic heterocycles. The lowest BCUT2D eigenvalue weighted by Gasteiger charge is -2.14. The highest BCUT2D eigenvalue weighted by atomic mass is 32.1. The van der Waals surface area contributed by atoms with E-state index < -0.39 is 0 Å². The van der Waals surface area contributed by atoms with Crippen molar-refractivity contribution in [2.75, 3.05) is 5.73 Å². The Labute approximate surface area is 140 Å². The highest BCUT2D eigenvalue weighted by Gasteiger charge is 2.11. The van der Waals surface area contributed by atoms with Gasteiger partial charge in [0.15, 0.2) is 5.13 Å². The van der Waals surface area contributed by atoms with Crippen molar-refractivity contribution in [3.05, 3.63) is 58.0 Å². The van der Waals surface area contributed by atoms with Crippen molar-refractivity contribution in [3.8, 4) is 22.8 Å². The molecule has 0 amide bonds. The van der Waals surface area contributed by atoms with Gasteiger partial charge in [-0.3, -0.25) is 0 Å². The monoisotopic (exact) mass is 324 g/mol. The van der Waals surface area contributed by atoms with E-state index in [0.29, 0.717) is 5.13 Å². The van der Waals surface area contributed by atoms with E-state index >= 15 is 0 Å². The Balaban J connectivity index is 1.97. The summed E-state index contributed by atoms with van der Waals surface area (Å²) in [6.45, 7) is 8.28. The minimum Gasteiger partial charge on any atom is -0.457 e. The minimum atomic E-state index is 0.589. The van der Waals surface area contributed by atoms with E-state index in [1.54, 1.807) is 0 Å². The summed E-state index contributed by atoms with van der Waals surface area (Å²) in [7, 11) is 0. The molecule has 118 valence electrons. The van der Waals surface area contributed by atoms with Gasteiger partial charge in [0.1, 0.15) is 11.5 Å². The minimum absolute atomic E-state index is 0.589. The summed E-state index contributed by atoms with van der Waals surface area (Å²) in [6, 6.07) is 10.4. The number of nitrogen functional groups attached to an aromatic ring is 1. The Morgan fingerprint density at radius 2 is 1.52 bits per heavy atom. The third-order valence-corrected chi connectivity index (χ3v) is 4.37. The van der Waals surface area contributed by atoms with Crippen molar-refractivity contribution in [2.45, 2.75) is 27.7 Å². The lowest BCUT2D eigenvalue weighted by atomic mass is 10.0. The van der Waals surface area contributed by atoms with Gasteiger partial charge in [-0.25, -0.2) is 4.98 Å². The molecule has 0 fully saturated rings. The van der Waals surface area contributed by atoms with Crippen LogP contribution in [0.4, 0.5) is 5.13 Å². The molecule has 0 unspecified atom stereocenters. The van der Waals surface area contributed by atoms with Crippen LogP contribution in [0.15, 0.2) is 35.7 Å². The Hall–Kier alpha value is -2.33. The third kappa shape index (κ3) is 3.37. The van der Waals surface area contributed by atoms with Crippen LogP contribution >= 0.6 is 11.3 Å². The van der Waals surface area contributed by atoms with Crippen molar-refractivity contribution in [1.82, 2.24) is 4.98 Å². The fourth-order valence-electron chi connectivity index (χ4n) is 2.79. The largest absolute Gasteiger partial charge is 0.457 e. The number of nitrogens with two attached hydrogens (primary N) is 1. The first-order valence-corrected chi connectivity index (χ1v) is 8.39. The molecule has 0 aliphatic carbocycles. The molecule has 1 aromatic heterocycles. The van der Waals surface area contributed by atoms with E-state index in [4.69, 9.17) is 10.5 Å². The van der Waals surface area contributed by atoms with Crippen LogP contribution in [0.1, 0.15) is 22.3 Å². The van der Waals surface area contributed by atoms with Crippen molar-refractivity contribution >= 4 is 16.5 Å². The first-order chi connectivity index (χ1) is 10.9. The number of rotatable bonds is 3. The quantitative estimate of drug-likeness (QED) is 0.700. The topological polar surface area (TPSA) is 48.1 Å². The molecule has 3 aromatic rings. The molecule has 1 heterocycles. The van der Waals surface area contributed by atoms with E-state index in [9.17, 15) is 0 Å². The molecule has 4 heteroatoms. The maximum atomic E-state index is 6.16. The van der Waals surface area contributed by atoms with Gasteiger partial charge in [-0.05, 0) is 74.2 Å². The molecule has 2 N–H and O–H groups in total. The summed E-state index contributed by atoms with van der Waals surface area (Å²) in [4.78, 5) is 4.36. The van der Waals surface area contributed by atoms with E-state index in [2.05, 4.69) is 63.0 Å². The molecule has 0 bridgehead atoms. The summed E-state index contributed by atoms with van der Waals surface area (Å²) in [5, 5.41) is 2.57. The molecule has 3 rings (SSSR count). The zero-order valence-electron chi connectivity index (χ0n) is 13.8. The standard InChI is InChI=1S/C19H20N2OS/c1-11-5-12(2)7-16(6-11)22-18-13(3)8-15(9-14(18)4)17-10-23-19(20)21-17/h5-10H,1-4H3,(H2,20,21). The second-order valence-electron chi connectivity index (χ2n) is 5.94. The van der Waals surface area contributed by atoms with Crippen LogP contribution in [0, 0.1) is 27.7 Å². The highest BCUT2D eigenvalue weighted by molar-refractivity contribution is 7.13. The molecule has 0 saturated heterocycles. The Morgan fingerprint density at radius 3 is 2.04 bits per heavy atom. The second kappa shape index (κ2) is 6.05. The van der Waals surface area contributed by atoms with Crippen LogP contribution in [-0.4, -0.2) is 4.98 Å². The number of anilines is 1. The SMILES string of the molecule is Cc1cc(C)cc(Oc2c(C)cc(-c3csc(N)n3)cc2C)c1. The number of aromatic nitrogens is 1. The van der Waals surface area contributed by atoms with Gasteiger partial charge < -0.3 is 10.5 Å². The predicted octanol–water partition coefficient (Wildman–Crippen LogP) is 5.42. The van der Waals surface area contributed by atoms with E-state index in [1.165, 1.54) is 22.5 Å². The molecule has 3 nitrogen and oxygen atoms in total. The highest BCUT2D eigenvalue weighted by Crippen LogP contribution is 2.34. The van der Waals surface area contributed by atoms with Gasteiger partial charge in [-0.2, -0.15) is 0 Å². The van der Waals surface area contributed by atoms with Crippen LogP contribution in [0.25, 0.3) is 11.3 Å². The molecular weight excluding hydrogens is 304 g/mol. The molecule has 0 saturated carbocycles. The zero-order valence-corrected chi connectivity index (χ0v) is 14.6. The zero-order chi connectivity index (χ0) is 16.6. The van der Waals surface area contributed by atoms with Crippen molar-refractivity contribution in [3.63, 3.8) is 0 Å². The van der Waals surface area contributed by atoms with Crippen LogP contribution in [0.3, 0.4) is 0 Å². The molecule has 0 aliphatic rings. The smallest absolute Gasteiger partial charge is 0.180 e.